The van der Waals surface area contributed by atoms with Gasteiger partial charge in [-0.25, -0.2) is 4.68 Å². The normalized spacial score (nSPS) is 10.5. The second kappa shape index (κ2) is 5.89. The zero-order valence-corrected chi connectivity index (χ0v) is 12.8. The van der Waals surface area contributed by atoms with Crippen molar-refractivity contribution >= 4 is 0 Å². The molecule has 0 N–H and O–H groups in total. The molecule has 0 aliphatic heterocycles. The van der Waals surface area contributed by atoms with E-state index in [2.05, 4.69) is 23.3 Å². The number of hydrogen-bond donors (Lipinski definition) is 0. The van der Waals surface area contributed by atoms with Gasteiger partial charge in [0.1, 0.15) is 17.2 Å². The number of aromatic nitrogens is 3. The van der Waals surface area contributed by atoms with Gasteiger partial charge in [0.2, 0.25) is 0 Å². The molecule has 0 atom stereocenters. The molecule has 5 nitrogen and oxygen atoms in total. The van der Waals surface area contributed by atoms with Crippen LogP contribution in [0.3, 0.4) is 0 Å². The lowest BCUT2D eigenvalue weighted by Crippen LogP contribution is -2.01. The molecule has 2 aromatic carbocycles. The molecule has 3 aromatic rings. The molecule has 0 aliphatic rings. The zero-order valence-electron chi connectivity index (χ0n) is 12.8. The largest absolute Gasteiger partial charge is 0.494 e. The Balaban J connectivity index is 2.11. The molecule has 3 rings (SSSR count). The smallest absolute Gasteiger partial charge is 0.150 e. The molecular weight excluding hydrogens is 278 g/mol. The van der Waals surface area contributed by atoms with Crippen LogP contribution in [0.5, 0.6) is 11.5 Å². The van der Waals surface area contributed by atoms with Crippen LogP contribution in [0.2, 0.25) is 0 Å². The van der Waals surface area contributed by atoms with Gasteiger partial charge in [-0.05, 0) is 24.6 Å². The summed E-state index contributed by atoms with van der Waals surface area (Å²) in [5.74, 6) is 1.36. The second-order valence-corrected chi connectivity index (χ2v) is 4.87. The van der Waals surface area contributed by atoms with E-state index in [0.717, 1.165) is 22.5 Å². The number of methoxy groups -OCH3 is 2. The Morgan fingerprint density at radius 3 is 2.23 bits per heavy atom. The summed E-state index contributed by atoms with van der Waals surface area (Å²) >= 11 is 0. The Labute approximate surface area is 129 Å². The van der Waals surface area contributed by atoms with E-state index >= 15 is 0 Å². The van der Waals surface area contributed by atoms with Crippen molar-refractivity contribution in [1.29, 1.82) is 0 Å². The first-order chi connectivity index (χ1) is 10.7. The summed E-state index contributed by atoms with van der Waals surface area (Å²) < 4.78 is 12.5. The van der Waals surface area contributed by atoms with Crippen LogP contribution in [0.1, 0.15) is 5.56 Å². The van der Waals surface area contributed by atoms with Crippen LogP contribution in [0.4, 0.5) is 0 Å². The molecule has 22 heavy (non-hydrogen) atoms. The van der Waals surface area contributed by atoms with Crippen LogP contribution in [-0.4, -0.2) is 29.2 Å². The second-order valence-electron chi connectivity index (χ2n) is 4.87. The molecule has 0 radical (unpaired) electrons. The summed E-state index contributed by atoms with van der Waals surface area (Å²) in [4.78, 5) is 0. The standard InChI is InChI=1S/C17H17N3O2/c1-12-7-4-5-8-13(12)14-11-20(19-18-14)17-15(21-2)9-6-10-16(17)22-3/h4-11H,1-3H3. The van der Waals surface area contributed by atoms with E-state index in [4.69, 9.17) is 9.47 Å². The van der Waals surface area contributed by atoms with E-state index in [0.29, 0.717) is 11.5 Å². The van der Waals surface area contributed by atoms with Gasteiger partial charge in [0.25, 0.3) is 0 Å². The maximum atomic E-state index is 5.41. The van der Waals surface area contributed by atoms with Crippen molar-refractivity contribution < 1.29 is 9.47 Å². The van der Waals surface area contributed by atoms with E-state index in [1.807, 2.05) is 42.6 Å². The minimum absolute atomic E-state index is 0.681. The van der Waals surface area contributed by atoms with Crippen molar-refractivity contribution in [3.63, 3.8) is 0 Å². The van der Waals surface area contributed by atoms with Gasteiger partial charge in [-0.3, -0.25) is 0 Å². The highest BCUT2D eigenvalue weighted by molar-refractivity contribution is 5.64. The molecule has 112 valence electrons. The van der Waals surface area contributed by atoms with Crippen LogP contribution in [0.25, 0.3) is 16.9 Å². The summed E-state index contributed by atoms with van der Waals surface area (Å²) in [5, 5.41) is 8.50. The summed E-state index contributed by atoms with van der Waals surface area (Å²) in [6.07, 6.45) is 1.88. The maximum absolute atomic E-state index is 5.41. The van der Waals surface area contributed by atoms with Gasteiger partial charge in [-0.2, -0.15) is 0 Å². The lowest BCUT2D eigenvalue weighted by atomic mass is 10.1. The van der Waals surface area contributed by atoms with Crippen LogP contribution >= 0.6 is 0 Å². The zero-order chi connectivity index (χ0) is 15.5. The monoisotopic (exact) mass is 295 g/mol. The van der Waals surface area contributed by atoms with Gasteiger partial charge < -0.3 is 9.47 Å². The minimum Gasteiger partial charge on any atom is -0.494 e. The number of ether oxygens (including phenoxy) is 2. The Kier molecular flexibility index (Phi) is 3.78. The van der Waals surface area contributed by atoms with Crippen LogP contribution < -0.4 is 9.47 Å². The summed E-state index contributed by atoms with van der Waals surface area (Å²) in [5.41, 5.74) is 3.76. The first-order valence-corrected chi connectivity index (χ1v) is 6.94. The molecule has 0 bridgehead atoms. The number of benzene rings is 2. The number of rotatable bonds is 4. The highest BCUT2D eigenvalue weighted by atomic mass is 16.5. The Hall–Kier alpha value is -2.82. The first kappa shape index (κ1) is 14.1. The average Bonchev–Trinajstić information content (AvgIpc) is 3.03. The molecule has 0 spiro atoms. The molecule has 0 aliphatic carbocycles. The highest BCUT2D eigenvalue weighted by Crippen LogP contribution is 2.32. The van der Waals surface area contributed by atoms with Gasteiger partial charge in [0, 0.05) is 5.56 Å². The van der Waals surface area contributed by atoms with E-state index in [9.17, 15) is 0 Å². The predicted octanol–water partition coefficient (Wildman–Crippen LogP) is 3.26. The third-order valence-electron chi connectivity index (χ3n) is 3.55. The van der Waals surface area contributed by atoms with Crippen LogP contribution in [-0.2, 0) is 0 Å². The Morgan fingerprint density at radius 1 is 0.909 bits per heavy atom. The van der Waals surface area contributed by atoms with Gasteiger partial charge in [-0.15, -0.1) is 5.10 Å². The fourth-order valence-electron chi connectivity index (χ4n) is 2.41. The van der Waals surface area contributed by atoms with Crippen LogP contribution in [0, 0.1) is 6.92 Å². The SMILES string of the molecule is COc1cccc(OC)c1-n1cc(-c2ccccc2C)nn1. The van der Waals surface area contributed by atoms with E-state index in [-0.39, 0.29) is 0 Å². The topological polar surface area (TPSA) is 49.2 Å². The molecule has 0 fully saturated rings. The van der Waals surface area contributed by atoms with Crippen molar-refractivity contribution in [2.75, 3.05) is 14.2 Å². The fraction of sp³-hybridized carbons (Fsp3) is 0.176. The number of nitrogens with zero attached hydrogens (tertiary/aromatic N) is 3. The van der Waals surface area contributed by atoms with E-state index in [1.54, 1.807) is 18.9 Å². The number of aryl methyl sites for hydroxylation is 1. The number of para-hydroxylation sites is 1. The van der Waals surface area contributed by atoms with Crippen molar-refractivity contribution in [2.24, 2.45) is 0 Å². The maximum Gasteiger partial charge on any atom is 0.150 e. The molecule has 1 aromatic heterocycles. The van der Waals surface area contributed by atoms with E-state index < -0.39 is 0 Å². The molecule has 0 saturated carbocycles. The third-order valence-corrected chi connectivity index (χ3v) is 3.55. The lowest BCUT2D eigenvalue weighted by molar-refractivity contribution is 0.388. The Bertz CT molecular complexity index is 774. The fourth-order valence-corrected chi connectivity index (χ4v) is 2.41. The van der Waals surface area contributed by atoms with Crippen molar-refractivity contribution in [1.82, 2.24) is 15.0 Å². The third kappa shape index (κ3) is 2.41. The van der Waals surface area contributed by atoms with Crippen LogP contribution in [0.15, 0.2) is 48.7 Å². The lowest BCUT2D eigenvalue weighted by Gasteiger charge is -2.11. The van der Waals surface area contributed by atoms with Gasteiger partial charge in [0.05, 0.1) is 20.4 Å². The summed E-state index contributed by atoms with van der Waals surface area (Å²) in [7, 11) is 3.24. The first-order valence-electron chi connectivity index (χ1n) is 6.94. The van der Waals surface area contributed by atoms with Crippen molar-refractivity contribution in [3.8, 4) is 28.4 Å². The molecule has 1 heterocycles. The molecule has 0 saturated heterocycles. The minimum atomic E-state index is 0.681. The predicted molar refractivity (Wildman–Crippen MR) is 84.6 cm³/mol. The summed E-state index contributed by atoms with van der Waals surface area (Å²) in [6.45, 7) is 2.05. The average molecular weight is 295 g/mol. The van der Waals surface area contributed by atoms with Gasteiger partial charge in [-0.1, -0.05) is 35.5 Å². The molecule has 0 amide bonds. The van der Waals surface area contributed by atoms with E-state index in [1.165, 1.54) is 0 Å². The number of hydrogen-bond acceptors (Lipinski definition) is 4. The molecule has 0 unspecified atom stereocenters. The van der Waals surface area contributed by atoms with Gasteiger partial charge in [0.15, 0.2) is 5.69 Å². The van der Waals surface area contributed by atoms with Crippen molar-refractivity contribution in [3.05, 3.63) is 54.2 Å². The highest BCUT2D eigenvalue weighted by Gasteiger charge is 2.15. The quantitative estimate of drug-likeness (QED) is 0.741. The Morgan fingerprint density at radius 2 is 1.59 bits per heavy atom. The molecule has 5 heteroatoms. The molecular formula is C17H17N3O2. The van der Waals surface area contributed by atoms with Gasteiger partial charge >= 0.3 is 0 Å². The van der Waals surface area contributed by atoms with Crippen molar-refractivity contribution in [2.45, 2.75) is 6.92 Å². The summed E-state index contributed by atoms with van der Waals surface area (Å²) in [6, 6.07) is 13.7.